The molecule has 0 saturated carbocycles. The monoisotopic (exact) mass is 389 g/mol. The summed E-state index contributed by atoms with van der Waals surface area (Å²) in [6.45, 7) is 3.41. The van der Waals surface area contributed by atoms with Gasteiger partial charge < -0.3 is 5.32 Å². The third-order valence-corrected chi connectivity index (χ3v) is 5.83. The molecular weight excluding hydrogens is 370 g/mol. The summed E-state index contributed by atoms with van der Waals surface area (Å²) in [4.78, 5) is 29.5. The number of rotatable bonds is 3. The van der Waals surface area contributed by atoms with Gasteiger partial charge in [-0.15, -0.1) is 12.4 Å². The van der Waals surface area contributed by atoms with Gasteiger partial charge in [-0.1, -0.05) is 6.92 Å². The molecule has 0 amide bonds. The Morgan fingerprint density at radius 2 is 2.08 bits per heavy atom. The lowest BCUT2D eigenvalue weighted by molar-refractivity contribution is 0.327. The number of sulfonamides is 1. The minimum atomic E-state index is -3.82. The highest BCUT2D eigenvalue weighted by atomic mass is 35.5. The van der Waals surface area contributed by atoms with Crippen LogP contribution in [0.3, 0.4) is 0 Å². The van der Waals surface area contributed by atoms with Crippen molar-refractivity contribution in [1.29, 1.82) is 0 Å². The van der Waals surface area contributed by atoms with Gasteiger partial charge in [0.25, 0.3) is 5.56 Å². The summed E-state index contributed by atoms with van der Waals surface area (Å²) < 4.78 is 29.0. The summed E-state index contributed by atoms with van der Waals surface area (Å²) in [5.74, 6) is 0.207. The second-order valence-corrected chi connectivity index (χ2v) is 7.77. The number of fused-ring (bicyclic) bond motifs is 1. The Balaban J connectivity index is 0.00000225. The number of hydrogen-bond donors (Lipinski definition) is 3. The number of H-pyrrole nitrogens is 1. The molecule has 138 valence electrons. The van der Waals surface area contributed by atoms with Gasteiger partial charge in [0, 0.05) is 25.8 Å². The second-order valence-electron chi connectivity index (χ2n) is 6.06. The van der Waals surface area contributed by atoms with Gasteiger partial charge in [-0.25, -0.2) is 22.9 Å². The number of hydrogen-bond acceptors (Lipinski definition) is 6. The zero-order valence-corrected chi connectivity index (χ0v) is 15.4. The van der Waals surface area contributed by atoms with E-state index in [9.17, 15) is 18.0 Å². The number of aryl methyl sites for hydroxylation is 1. The van der Waals surface area contributed by atoms with E-state index in [1.54, 1.807) is 0 Å². The van der Waals surface area contributed by atoms with E-state index < -0.39 is 21.3 Å². The highest BCUT2D eigenvalue weighted by Crippen LogP contribution is 2.17. The summed E-state index contributed by atoms with van der Waals surface area (Å²) in [6.07, 6.45) is 2.04. The van der Waals surface area contributed by atoms with E-state index in [-0.39, 0.29) is 40.3 Å². The average Bonchev–Trinajstić information content (AvgIpc) is 2.54. The van der Waals surface area contributed by atoms with E-state index in [2.05, 4.69) is 20.0 Å². The van der Waals surface area contributed by atoms with E-state index >= 15 is 0 Å². The minimum Gasteiger partial charge on any atom is -0.315 e. The summed E-state index contributed by atoms with van der Waals surface area (Å²) in [7, 11) is -2.36. The molecular formula is C14H20ClN5O4S. The number of aromatic nitrogens is 3. The van der Waals surface area contributed by atoms with Crippen LogP contribution in [0.15, 0.2) is 26.7 Å². The van der Waals surface area contributed by atoms with Crippen LogP contribution in [0.5, 0.6) is 0 Å². The van der Waals surface area contributed by atoms with Gasteiger partial charge in [0.1, 0.15) is 10.5 Å². The summed E-state index contributed by atoms with van der Waals surface area (Å²) in [5.41, 5.74) is -1.13. The van der Waals surface area contributed by atoms with Crippen molar-refractivity contribution in [2.45, 2.75) is 24.3 Å². The number of nitrogens with zero attached hydrogens (tertiary/aromatic N) is 2. The molecule has 2 unspecified atom stereocenters. The first kappa shape index (κ1) is 19.6. The Labute approximate surface area is 150 Å². The van der Waals surface area contributed by atoms with Crippen molar-refractivity contribution in [3.05, 3.63) is 33.1 Å². The topological polar surface area (TPSA) is 126 Å². The molecule has 0 bridgehead atoms. The molecule has 0 aliphatic carbocycles. The molecule has 3 N–H and O–H groups in total. The molecule has 2 atom stereocenters. The third-order valence-electron chi connectivity index (χ3n) is 4.37. The zero-order valence-electron chi connectivity index (χ0n) is 13.8. The maximum absolute atomic E-state index is 12.6. The van der Waals surface area contributed by atoms with Gasteiger partial charge in [-0.3, -0.25) is 14.3 Å². The van der Waals surface area contributed by atoms with Crippen LogP contribution in [0.1, 0.15) is 13.3 Å². The average molecular weight is 390 g/mol. The number of aromatic amines is 1. The SMILES string of the molecule is CC1CCNCC1NS(=O)(=O)c1cnc2c(c1)c(=O)[nH]c(=O)n2C.Cl. The van der Waals surface area contributed by atoms with Crippen LogP contribution in [0, 0.1) is 5.92 Å². The Morgan fingerprint density at radius 1 is 1.36 bits per heavy atom. The predicted octanol–water partition coefficient (Wildman–Crippen LogP) is -0.680. The van der Waals surface area contributed by atoms with E-state index in [1.165, 1.54) is 13.1 Å². The maximum Gasteiger partial charge on any atom is 0.329 e. The van der Waals surface area contributed by atoms with E-state index in [0.29, 0.717) is 6.54 Å². The maximum atomic E-state index is 12.6. The lowest BCUT2D eigenvalue weighted by Crippen LogP contribution is -2.50. The lowest BCUT2D eigenvalue weighted by Gasteiger charge is -2.29. The molecule has 1 fully saturated rings. The molecule has 0 spiro atoms. The van der Waals surface area contributed by atoms with Crippen molar-refractivity contribution in [2.24, 2.45) is 13.0 Å². The number of pyridine rings is 1. The molecule has 0 radical (unpaired) electrons. The number of nitrogens with one attached hydrogen (secondary N) is 3. The van der Waals surface area contributed by atoms with Crippen LogP contribution in [-0.2, 0) is 17.1 Å². The molecule has 1 aliphatic rings. The molecule has 3 rings (SSSR count). The van der Waals surface area contributed by atoms with E-state index in [0.717, 1.165) is 23.7 Å². The summed E-state index contributed by atoms with van der Waals surface area (Å²) >= 11 is 0. The molecule has 1 aliphatic heterocycles. The Bertz CT molecular complexity index is 1000. The molecule has 25 heavy (non-hydrogen) atoms. The zero-order chi connectivity index (χ0) is 17.5. The fraction of sp³-hybridized carbons (Fsp3) is 0.500. The molecule has 2 aromatic rings. The molecule has 11 heteroatoms. The van der Waals surface area contributed by atoms with E-state index in [1.807, 2.05) is 6.92 Å². The van der Waals surface area contributed by atoms with Gasteiger partial charge in [-0.05, 0) is 24.9 Å². The van der Waals surface area contributed by atoms with Gasteiger partial charge >= 0.3 is 5.69 Å². The lowest BCUT2D eigenvalue weighted by atomic mass is 9.96. The molecule has 0 aromatic carbocycles. The Morgan fingerprint density at radius 3 is 2.76 bits per heavy atom. The highest BCUT2D eigenvalue weighted by molar-refractivity contribution is 7.89. The van der Waals surface area contributed by atoms with Crippen molar-refractivity contribution < 1.29 is 8.42 Å². The molecule has 3 heterocycles. The predicted molar refractivity (Wildman–Crippen MR) is 95.6 cm³/mol. The van der Waals surface area contributed by atoms with Gasteiger partial charge in [-0.2, -0.15) is 0 Å². The van der Waals surface area contributed by atoms with Crippen molar-refractivity contribution in [3.63, 3.8) is 0 Å². The first-order chi connectivity index (χ1) is 11.3. The normalized spacial score (nSPS) is 21.0. The van der Waals surface area contributed by atoms with Crippen LogP contribution in [-0.4, -0.2) is 42.1 Å². The van der Waals surface area contributed by atoms with Crippen molar-refractivity contribution in [2.75, 3.05) is 13.1 Å². The standard InChI is InChI=1S/C14H19N5O4S.ClH/c1-8-3-4-15-7-11(8)18-24(22,23)9-5-10-12(16-6-9)19(2)14(21)17-13(10)20;/h5-6,8,11,15,18H,3-4,7H2,1-2H3,(H,17,20,21);1H. The minimum absolute atomic E-state index is 0. The number of halogens is 1. The Hall–Kier alpha value is -1.75. The van der Waals surface area contributed by atoms with E-state index in [4.69, 9.17) is 0 Å². The third kappa shape index (κ3) is 3.76. The quantitative estimate of drug-likeness (QED) is 0.638. The smallest absolute Gasteiger partial charge is 0.315 e. The highest BCUT2D eigenvalue weighted by Gasteiger charge is 2.27. The fourth-order valence-corrected chi connectivity index (χ4v) is 4.09. The second kappa shape index (κ2) is 7.24. The van der Waals surface area contributed by atoms with Crippen molar-refractivity contribution >= 4 is 33.5 Å². The van der Waals surface area contributed by atoms with Crippen molar-refractivity contribution in [1.82, 2.24) is 24.6 Å². The molecule has 1 saturated heterocycles. The fourth-order valence-electron chi connectivity index (χ4n) is 2.78. The van der Waals surface area contributed by atoms with Crippen LogP contribution >= 0.6 is 12.4 Å². The largest absolute Gasteiger partial charge is 0.329 e. The first-order valence-corrected chi connectivity index (χ1v) is 9.10. The number of piperidine rings is 1. The van der Waals surface area contributed by atoms with Crippen LogP contribution in [0.4, 0.5) is 0 Å². The summed E-state index contributed by atoms with van der Waals surface area (Å²) in [6, 6.07) is 1.02. The van der Waals surface area contributed by atoms with Crippen LogP contribution in [0.25, 0.3) is 11.0 Å². The van der Waals surface area contributed by atoms with Crippen LogP contribution in [0.2, 0.25) is 0 Å². The first-order valence-electron chi connectivity index (χ1n) is 7.62. The van der Waals surface area contributed by atoms with Crippen molar-refractivity contribution in [3.8, 4) is 0 Å². The molecule has 9 nitrogen and oxygen atoms in total. The van der Waals surface area contributed by atoms with Gasteiger partial charge in [0.15, 0.2) is 0 Å². The Kier molecular flexibility index (Phi) is 5.67. The van der Waals surface area contributed by atoms with Crippen LogP contribution < -0.4 is 21.3 Å². The van der Waals surface area contributed by atoms with Gasteiger partial charge in [0.2, 0.25) is 10.0 Å². The van der Waals surface area contributed by atoms with Gasteiger partial charge in [0.05, 0.1) is 5.39 Å². The molecule has 2 aromatic heterocycles. The summed E-state index contributed by atoms with van der Waals surface area (Å²) in [5, 5.41) is 3.21.